The molecule has 1 aromatic carbocycles. The Morgan fingerprint density at radius 3 is 2.62 bits per heavy atom. The summed E-state index contributed by atoms with van der Waals surface area (Å²) in [6.45, 7) is 1.84. The van der Waals surface area contributed by atoms with Gasteiger partial charge in [0, 0.05) is 34.7 Å². The quantitative estimate of drug-likeness (QED) is 0.742. The van der Waals surface area contributed by atoms with Crippen LogP contribution in [0.3, 0.4) is 0 Å². The largest absolute Gasteiger partial charge is 0.394 e. The van der Waals surface area contributed by atoms with E-state index in [1.807, 2.05) is 37.3 Å². The first kappa shape index (κ1) is 16.4. The zero-order chi connectivity index (χ0) is 16.9. The van der Waals surface area contributed by atoms with Crippen molar-refractivity contribution in [1.29, 1.82) is 0 Å². The summed E-state index contributed by atoms with van der Waals surface area (Å²) < 4.78 is 0. The van der Waals surface area contributed by atoms with Crippen molar-refractivity contribution in [3.8, 4) is 11.4 Å². The number of rotatable bonds is 5. The van der Waals surface area contributed by atoms with Crippen LogP contribution in [0.25, 0.3) is 11.4 Å². The summed E-state index contributed by atoms with van der Waals surface area (Å²) >= 11 is 5.92. The average molecular weight is 341 g/mol. The molecule has 0 aliphatic carbocycles. The zero-order valence-corrected chi connectivity index (χ0v) is 13.9. The first-order valence-corrected chi connectivity index (χ1v) is 7.92. The summed E-state index contributed by atoms with van der Waals surface area (Å²) in [5.74, 6) is 1.24. The van der Waals surface area contributed by atoms with E-state index in [2.05, 4.69) is 20.3 Å². The Balaban J connectivity index is 1.88. The topological polar surface area (TPSA) is 70.9 Å². The zero-order valence-electron chi connectivity index (χ0n) is 13.1. The smallest absolute Gasteiger partial charge is 0.163 e. The second-order valence-electron chi connectivity index (χ2n) is 5.39. The van der Waals surface area contributed by atoms with Crippen LogP contribution >= 0.6 is 11.6 Å². The number of aliphatic hydroxyl groups is 1. The summed E-state index contributed by atoms with van der Waals surface area (Å²) in [7, 11) is 0. The molecule has 0 fully saturated rings. The van der Waals surface area contributed by atoms with Gasteiger partial charge in [-0.15, -0.1) is 0 Å². The molecule has 0 saturated heterocycles. The molecule has 0 saturated carbocycles. The SMILES string of the molecule is Cc1cc(NC(CO)c2ccc(Cl)cc2)nc(-c2cccnc2)n1. The van der Waals surface area contributed by atoms with E-state index in [-0.39, 0.29) is 12.6 Å². The lowest BCUT2D eigenvalue weighted by molar-refractivity contribution is 0.276. The van der Waals surface area contributed by atoms with Gasteiger partial charge in [0.15, 0.2) is 5.82 Å². The third-order valence-electron chi connectivity index (χ3n) is 3.55. The maximum atomic E-state index is 9.72. The molecule has 1 unspecified atom stereocenters. The number of anilines is 1. The van der Waals surface area contributed by atoms with E-state index < -0.39 is 0 Å². The molecule has 0 radical (unpaired) electrons. The van der Waals surface area contributed by atoms with E-state index in [1.54, 1.807) is 24.5 Å². The Bertz CT molecular complexity index is 809. The number of pyridine rings is 1. The van der Waals surface area contributed by atoms with Crippen molar-refractivity contribution in [3.63, 3.8) is 0 Å². The van der Waals surface area contributed by atoms with E-state index in [9.17, 15) is 5.11 Å². The molecule has 2 aromatic heterocycles. The van der Waals surface area contributed by atoms with Crippen molar-refractivity contribution in [1.82, 2.24) is 15.0 Å². The fourth-order valence-corrected chi connectivity index (χ4v) is 2.50. The van der Waals surface area contributed by atoms with E-state index in [0.717, 1.165) is 16.8 Å². The van der Waals surface area contributed by atoms with Crippen molar-refractivity contribution < 1.29 is 5.11 Å². The molecule has 0 amide bonds. The Morgan fingerprint density at radius 2 is 1.96 bits per heavy atom. The predicted octanol–water partition coefficient (Wildman–Crippen LogP) is 3.65. The molecular formula is C18H17ClN4O. The number of nitrogens with one attached hydrogen (secondary N) is 1. The minimum Gasteiger partial charge on any atom is -0.394 e. The molecule has 5 nitrogen and oxygen atoms in total. The van der Waals surface area contributed by atoms with Crippen LogP contribution in [0.15, 0.2) is 54.9 Å². The highest BCUT2D eigenvalue weighted by Crippen LogP contribution is 2.22. The molecule has 0 aliphatic heterocycles. The maximum Gasteiger partial charge on any atom is 0.163 e. The van der Waals surface area contributed by atoms with Gasteiger partial charge in [0.2, 0.25) is 0 Å². The summed E-state index contributed by atoms with van der Waals surface area (Å²) in [5, 5.41) is 13.6. The lowest BCUT2D eigenvalue weighted by Gasteiger charge is -2.18. The summed E-state index contributed by atoms with van der Waals surface area (Å²) in [6.07, 6.45) is 3.43. The van der Waals surface area contributed by atoms with Gasteiger partial charge in [-0.1, -0.05) is 23.7 Å². The van der Waals surface area contributed by atoms with Crippen LogP contribution in [0, 0.1) is 6.92 Å². The van der Waals surface area contributed by atoms with E-state index in [0.29, 0.717) is 16.7 Å². The Labute approximate surface area is 145 Å². The van der Waals surface area contributed by atoms with Crippen LogP contribution in [0.2, 0.25) is 5.02 Å². The van der Waals surface area contributed by atoms with E-state index >= 15 is 0 Å². The predicted molar refractivity (Wildman–Crippen MR) is 94.9 cm³/mol. The highest BCUT2D eigenvalue weighted by atomic mass is 35.5. The van der Waals surface area contributed by atoms with E-state index in [4.69, 9.17) is 11.6 Å². The Kier molecular flexibility index (Phi) is 5.03. The number of aryl methyl sites for hydroxylation is 1. The molecule has 0 spiro atoms. The monoisotopic (exact) mass is 340 g/mol. The van der Waals surface area contributed by atoms with Crippen molar-refractivity contribution >= 4 is 17.4 Å². The summed E-state index contributed by atoms with van der Waals surface area (Å²) in [6, 6.07) is 12.7. The number of hydrogen-bond acceptors (Lipinski definition) is 5. The van der Waals surface area contributed by atoms with Gasteiger partial charge in [0.25, 0.3) is 0 Å². The van der Waals surface area contributed by atoms with Crippen molar-refractivity contribution in [2.75, 3.05) is 11.9 Å². The molecule has 1 atom stereocenters. The van der Waals surface area contributed by atoms with Gasteiger partial charge >= 0.3 is 0 Å². The highest BCUT2D eigenvalue weighted by molar-refractivity contribution is 6.30. The molecule has 24 heavy (non-hydrogen) atoms. The number of nitrogens with zero attached hydrogens (tertiary/aromatic N) is 3. The number of halogens is 1. The standard InChI is InChI=1S/C18H17ClN4O/c1-12-9-17(23-18(21-12)14-3-2-8-20-10-14)22-16(11-24)13-4-6-15(19)7-5-13/h2-10,16,24H,11H2,1H3,(H,21,22,23). The van der Waals surface area contributed by atoms with E-state index in [1.165, 1.54) is 0 Å². The number of hydrogen-bond donors (Lipinski definition) is 2. The molecule has 3 rings (SSSR count). The van der Waals surface area contributed by atoms with Crippen LogP contribution in [0.4, 0.5) is 5.82 Å². The van der Waals surface area contributed by atoms with Crippen molar-refractivity contribution in [3.05, 3.63) is 71.1 Å². The van der Waals surface area contributed by atoms with Crippen LogP contribution in [-0.4, -0.2) is 26.7 Å². The van der Waals surface area contributed by atoms with Gasteiger partial charge in [-0.3, -0.25) is 4.98 Å². The molecule has 2 N–H and O–H groups in total. The van der Waals surface area contributed by atoms with Crippen LogP contribution in [-0.2, 0) is 0 Å². The first-order chi connectivity index (χ1) is 11.7. The Morgan fingerprint density at radius 1 is 1.17 bits per heavy atom. The molecule has 122 valence electrons. The molecule has 6 heteroatoms. The fourth-order valence-electron chi connectivity index (χ4n) is 2.37. The van der Waals surface area contributed by atoms with Crippen LogP contribution < -0.4 is 5.32 Å². The van der Waals surface area contributed by atoms with Gasteiger partial charge in [0.05, 0.1) is 12.6 Å². The van der Waals surface area contributed by atoms with Crippen LogP contribution in [0.5, 0.6) is 0 Å². The van der Waals surface area contributed by atoms with Gasteiger partial charge in [-0.2, -0.15) is 0 Å². The van der Waals surface area contributed by atoms with Crippen molar-refractivity contribution in [2.45, 2.75) is 13.0 Å². The molecular weight excluding hydrogens is 324 g/mol. The van der Waals surface area contributed by atoms with Gasteiger partial charge in [-0.05, 0) is 36.8 Å². The number of benzene rings is 1. The molecule has 3 aromatic rings. The van der Waals surface area contributed by atoms with Crippen LogP contribution in [0.1, 0.15) is 17.3 Å². The third kappa shape index (κ3) is 3.88. The normalized spacial score (nSPS) is 12.0. The molecule has 0 bridgehead atoms. The third-order valence-corrected chi connectivity index (χ3v) is 3.80. The molecule has 0 aliphatic rings. The minimum atomic E-state index is -0.279. The Hall–Kier alpha value is -2.50. The lowest BCUT2D eigenvalue weighted by Crippen LogP contribution is -2.16. The van der Waals surface area contributed by atoms with Crippen molar-refractivity contribution in [2.24, 2.45) is 0 Å². The van der Waals surface area contributed by atoms with Gasteiger partial charge in [0.1, 0.15) is 5.82 Å². The number of aromatic nitrogens is 3. The minimum absolute atomic E-state index is 0.0626. The van der Waals surface area contributed by atoms with Gasteiger partial charge in [-0.25, -0.2) is 9.97 Å². The number of aliphatic hydroxyl groups excluding tert-OH is 1. The fraction of sp³-hybridized carbons (Fsp3) is 0.167. The first-order valence-electron chi connectivity index (χ1n) is 7.54. The summed E-state index contributed by atoms with van der Waals surface area (Å²) in [5.41, 5.74) is 2.61. The molecule has 2 heterocycles. The lowest BCUT2D eigenvalue weighted by atomic mass is 10.1. The maximum absolute atomic E-state index is 9.72. The highest BCUT2D eigenvalue weighted by Gasteiger charge is 2.12. The second kappa shape index (κ2) is 7.38. The second-order valence-corrected chi connectivity index (χ2v) is 5.83. The summed E-state index contributed by atoms with van der Waals surface area (Å²) in [4.78, 5) is 13.1. The van der Waals surface area contributed by atoms with Gasteiger partial charge < -0.3 is 10.4 Å². The average Bonchev–Trinajstić information content (AvgIpc) is 2.61.